The molecular formula is C30H51N3O4. The molecule has 0 aliphatic carbocycles. The average Bonchev–Trinajstić information content (AvgIpc) is 2.74. The zero-order valence-corrected chi connectivity index (χ0v) is 24.9. The molecule has 0 spiro atoms. The Labute approximate surface area is 225 Å². The number of ether oxygens (including phenoxy) is 1. The van der Waals surface area contributed by atoms with Crippen LogP contribution in [0.25, 0.3) is 0 Å². The first-order valence-electron chi connectivity index (χ1n) is 13.8. The summed E-state index contributed by atoms with van der Waals surface area (Å²) >= 11 is 0. The molecule has 7 heteroatoms. The Morgan fingerprint density at radius 2 is 1.62 bits per heavy atom. The van der Waals surface area contributed by atoms with Crippen molar-refractivity contribution in [1.82, 2.24) is 15.5 Å². The number of nitrogens with one attached hydrogen (secondary N) is 2. The summed E-state index contributed by atoms with van der Waals surface area (Å²) in [5.74, 6) is -0.330. The zero-order valence-electron chi connectivity index (χ0n) is 24.9. The van der Waals surface area contributed by atoms with E-state index in [0.29, 0.717) is 13.0 Å². The summed E-state index contributed by atoms with van der Waals surface area (Å²) in [6, 6.07) is 4.31. The molecule has 2 N–H and O–H groups in total. The van der Waals surface area contributed by atoms with Crippen LogP contribution < -0.4 is 10.6 Å². The fraction of sp³-hybridized carbons (Fsp3) is 0.700. The molecule has 7 nitrogen and oxygen atoms in total. The van der Waals surface area contributed by atoms with E-state index in [1.165, 1.54) is 0 Å². The van der Waals surface area contributed by atoms with Crippen molar-refractivity contribution in [1.29, 1.82) is 0 Å². The second kappa shape index (κ2) is 15.0. The van der Waals surface area contributed by atoms with Gasteiger partial charge in [0.15, 0.2) is 0 Å². The van der Waals surface area contributed by atoms with E-state index in [1.54, 1.807) is 25.7 Å². The average molecular weight is 518 g/mol. The Bertz CT molecular complexity index is 889. The fourth-order valence-corrected chi connectivity index (χ4v) is 4.29. The van der Waals surface area contributed by atoms with Gasteiger partial charge in [-0.2, -0.15) is 0 Å². The molecule has 0 heterocycles. The molecule has 2 unspecified atom stereocenters. The topological polar surface area (TPSA) is 87.7 Å². The summed E-state index contributed by atoms with van der Waals surface area (Å²) in [6.45, 7) is 19.7. The maximum absolute atomic E-state index is 14.2. The third-order valence-corrected chi connectivity index (χ3v) is 5.95. The molecule has 1 rings (SSSR count). The molecule has 0 radical (unpaired) electrons. The van der Waals surface area contributed by atoms with Crippen LogP contribution in [0.1, 0.15) is 110 Å². The van der Waals surface area contributed by atoms with Gasteiger partial charge in [0.1, 0.15) is 17.7 Å². The van der Waals surface area contributed by atoms with Gasteiger partial charge in [-0.05, 0) is 78.4 Å². The molecule has 0 aliphatic heterocycles. The standard InChI is InChI=1S/C30H51N3O4/c1-11-12-13-14-17-33(28(35)25(18-20(2)3)32-29(36)37-30(8,9)10)26(27(34)31-21(4)5)24-19-22(6)15-16-23(24)7/h15-16,19-21,25-26H,11-14,17-18H2,1-10H3,(H,31,34)(H,32,36). The van der Waals surface area contributed by atoms with Gasteiger partial charge in [0.05, 0.1) is 0 Å². The smallest absolute Gasteiger partial charge is 0.408 e. The Hall–Kier alpha value is -2.57. The van der Waals surface area contributed by atoms with Gasteiger partial charge < -0.3 is 20.3 Å². The lowest BCUT2D eigenvalue weighted by Gasteiger charge is -2.36. The van der Waals surface area contributed by atoms with Gasteiger partial charge in [0.25, 0.3) is 0 Å². The number of hydrogen-bond donors (Lipinski definition) is 2. The van der Waals surface area contributed by atoms with Gasteiger partial charge >= 0.3 is 6.09 Å². The molecule has 0 saturated heterocycles. The van der Waals surface area contributed by atoms with Crippen molar-refractivity contribution in [2.75, 3.05) is 6.54 Å². The van der Waals surface area contributed by atoms with Crippen LogP contribution in [-0.2, 0) is 14.3 Å². The van der Waals surface area contributed by atoms with Crippen LogP contribution in [0.4, 0.5) is 4.79 Å². The van der Waals surface area contributed by atoms with E-state index < -0.39 is 23.8 Å². The molecule has 0 saturated carbocycles. The second-order valence-electron chi connectivity index (χ2n) is 11.8. The molecule has 1 aromatic rings. The quantitative estimate of drug-likeness (QED) is 0.304. The number of benzene rings is 1. The minimum Gasteiger partial charge on any atom is -0.444 e. The maximum atomic E-state index is 14.2. The van der Waals surface area contributed by atoms with Gasteiger partial charge in [-0.1, -0.05) is 63.8 Å². The lowest BCUT2D eigenvalue weighted by Crippen LogP contribution is -2.54. The first-order chi connectivity index (χ1) is 17.2. The van der Waals surface area contributed by atoms with Gasteiger partial charge in [0, 0.05) is 12.6 Å². The van der Waals surface area contributed by atoms with Crippen LogP contribution in [0.2, 0.25) is 0 Å². The highest BCUT2D eigenvalue weighted by atomic mass is 16.6. The first-order valence-corrected chi connectivity index (χ1v) is 13.8. The fourth-order valence-electron chi connectivity index (χ4n) is 4.29. The number of nitrogens with zero attached hydrogens (tertiary/aromatic N) is 1. The number of rotatable bonds is 13. The summed E-state index contributed by atoms with van der Waals surface area (Å²) in [6.07, 6.45) is 3.66. The van der Waals surface area contributed by atoms with Crippen molar-refractivity contribution in [3.8, 4) is 0 Å². The highest BCUT2D eigenvalue weighted by Crippen LogP contribution is 2.28. The molecule has 37 heavy (non-hydrogen) atoms. The Kier molecular flexibility index (Phi) is 13.2. The van der Waals surface area contributed by atoms with E-state index in [4.69, 9.17) is 4.74 Å². The predicted molar refractivity (Wildman–Crippen MR) is 150 cm³/mol. The van der Waals surface area contributed by atoms with Crippen molar-refractivity contribution >= 4 is 17.9 Å². The number of aryl methyl sites for hydroxylation is 2. The minimum atomic E-state index is -0.805. The van der Waals surface area contributed by atoms with Gasteiger partial charge in [-0.25, -0.2) is 4.79 Å². The van der Waals surface area contributed by atoms with Crippen molar-refractivity contribution in [3.05, 3.63) is 34.9 Å². The number of alkyl carbamates (subject to hydrolysis) is 1. The highest BCUT2D eigenvalue weighted by molar-refractivity contribution is 5.92. The third kappa shape index (κ3) is 11.6. The van der Waals surface area contributed by atoms with E-state index in [9.17, 15) is 14.4 Å². The SMILES string of the molecule is CCCCCCN(C(=O)C(CC(C)C)NC(=O)OC(C)(C)C)C(C(=O)NC(C)C)c1cc(C)ccc1C. The first kappa shape index (κ1) is 32.5. The molecule has 0 aliphatic rings. The number of carbonyl (C=O) groups excluding carboxylic acids is 3. The largest absolute Gasteiger partial charge is 0.444 e. The second-order valence-corrected chi connectivity index (χ2v) is 11.8. The molecular weight excluding hydrogens is 466 g/mol. The van der Waals surface area contributed by atoms with E-state index in [2.05, 4.69) is 17.6 Å². The summed E-state index contributed by atoms with van der Waals surface area (Å²) in [7, 11) is 0. The number of unbranched alkanes of at least 4 members (excludes halogenated alkanes) is 3. The predicted octanol–water partition coefficient (Wildman–Crippen LogP) is 6.22. The molecule has 210 valence electrons. The van der Waals surface area contributed by atoms with Crippen molar-refractivity contribution in [2.24, 2.45) is 5.92 Å². The van der Waals surface area contributed by atoms with E-state index in [-0.39, 0.29) is 23.8 Å². The highest BCUT2D eigenvalue weighted by Gasteiger charge is 2.37. The van der Waals surface area contributed by atoms with Crippen LogP contribution >= 0.6 is 0 Å². The molecule has 2 atom stereocenters. The van der Waals surface area contributed by atoms with Crippen molar-refractivity contribution in [3.63, 3.8) is 0 Å². The molecule has 0 fully saturated rings. The van der Waals surface area contributed by atoms with E-state index in [1.807, 2.05) is 59.7 Å². The Balaban J connectivity index is 3.55. The molecule has 0 bridgehead atoms. The normalized spacial score (nSPS) is 13.3. The van der Waals surface area contributed by atoms with Crippen LogP contribution in [0.3, 0.4) is 0 Å². The van der Waals surface area contributed by atoms with Crippen LogP contribution in [0.5, 0.6) is 0 Å². The van der Waals surface area contributed by atoms with Crippen LogP contribution in [0, 0.1) is 19.8 Å². The monoisotopic (exact) mass is 517 g/mol. The van der Waals surface area contributed by atoms with Gasteiger partial charge in [-0.15, -0.1) is 0 Å². The van der Waals surface area contributed by atoms with Crippen molar-refractivity contribution < 1.29 is 19.1 Å². The van der Waals surface area contributed by atoms with Gasteiger partial charge in [-0.3, -0.25) is 9.59 Å². The third-order valence-electron chi connectivity index (χ3n) is 5.95. The van der Waals surface area contributed by atoms with Crippen LogP contribution in [-0.4, -0.2) is 47.0 Å². The Morgan fingerprint density at radius 3 is 2.16 bits per heavy atom. The summed E-state index contributed by atoms with van der Waals surface area (Å²) in [5, 5.41) is 5.85. The van der Waals surface area contributed by atoms with E-state index in [0.717, 1.165) is 42.4 Å². The maximum Gasteiger partial charge on any atom is 0.408 e. The molecule has 1 aromatic carbocycles. The Morgan fingerprint density at radius 1 is 0.973 bits per heavy atom. The molecule has 3 amide bonds. The summed E-state index contributed by atoms with van der Waals surface area (Å²) in [4.78, 5) is 42.3. The lowest BCUT2D eigenvalue weighted by molar-refractivity contribution is -0.143. The lowest BCUT2D eigenvalue weighted by atomic mass is 9.94. The summed E-state index contributed by atoms with van der Waals surface area (Å²) in [5.41, 5.74) is 2.09. The van der Waals surface area contributed by atoms with Gasteiger partial charge in [0.2, 0.25) is 11.8 Å². The number of amides is 3. The van der Waals surface area contributed by atoms with Crippen molar-refractivity contribution in [2.45, 2.75) is 125 Å². The minimum absolute atomic E-state index is 0.0801. The zero-order chi connectivity index (χ0) is 28.3. The molecule has 0 aromatic heterocycles. The summed E-state index contributed by atoms with van der Waals surface area (Å²) < 4.78 is 5.47. The number of carbonyl (C=O) groups is 3. The van der Waals surface area contributed by atoms with E-state index >= 15 is 0 Å². The number of hydrogen-bond acceptors (Lipinski definition) is 4. The van der Waals surface area contributed by atoms with Crippen LogP contribution in [0.15, 0.2) is 18.2 Å².